The van der Waals surface area contributed by atoms with Gasteiger partial charge in [0.15, 0.2) is 0 Å². The minimum atomic E-state index is -0.616. The quantitative estimate of drug-likeness (QED) is 0.872. The number of rotatable bonds is 6. The van der Waals surface area contributed by atoms with Crippen LogP contribution in [0.15, 0.2) is 30.6 Å². The maximum Gasteiger partial charge on any atom is 0.240 e. The van der Waals surface area contributed by atoms with Crippen molar-refractivity contribution in [2.24, 2.45) is 0 Å². The molecule has 0 saturated carbocycles. The van der Waals surface area contributed by atoms with Gasteiger partial charge in [0.25, 0.3) is 0 Å². The molecule has 1 saturated heterocycles. The third kappa shape index (κ3) is 4.22. The van der Waals surface area contributed by atoms with Crippen LogP contribution in [0.5, 0.6) is 0 Å². The monoisotopic (exact) mass is 348 g/mol. The van der Waals surface area contributed by atoms with E-state index in [9.17, 15) is 13.6 Å². The lowest BCUT2D eigenvalue weighted by Gasteiger charge is -2.33. The molecule has 1 aliphatic heterocycles. The van der Waals surface area contributed by atoms with E-state index in [2.05, 4.69) is 10.4 Å². The average molecular weight is 348 g/mol. The molecule has 2 heterocycles. The van der Waals surface area contributed by atoms with E-state index in [0.717, 1.165) is 31.0 Å². The van der Waals surface area contributed by atoms with Crippen LogP contribution in [-0.2, 0) is 24.4 Å². The Morgan fingerprint density at radius 1 is 1.36 bits per heavy atom. The first-order valence-electron chi connectivity index (χ1n) is 8.54. The first-order valence-corrected chi connectivity index (χ1v) is 8.54. The van der Waals surface area contributed by atoms with Crippen LogP contribution in [0.2, 0.25) is 0 Å². The number of nitrogens with zero attached hydrogens (tertiary/aromatic N) is 3. The summed E-state index contributed by atoms with van der Waals surface area (Å²) in [5.74, 6) is -1.27. The van der Waals surface area contributed by atoms with Crippen molar-refractivity contribution in [1.29, 1.82) is 0 Å². The normalized spacial score (nSPS) is 18.0. The van der Waals surface area contributed by atoms with Gasteiger partial charge in [-0.25, -0.2) is 8.78 Å². The number of hydrogen-bond donors (Lipinski definition) is 1. The van der Waals surface area contributed by atoms with Crippen LogP contribution in [0, 0.1) is 11.6 Å². The van der Waals surface area contributed by atoms with Gasteiger partial charge in [-0.05, 0) is 25.8 Å². The van der Waals surface area contributed by atoms with Gasteiger partial charge in [0.2, 0.25) is 5.91 Å². The second-order valence-corrected chi connectivity index (χ2v) is 6.28. The highest BCUT2D eigenvalue weighted by atomic mass is 19.1. The van der Waals surface area contributed by atoms with Crippen molar-refractivity contribution in [2.75, 3.05) is 6.54 Å². The zero-order valence-electron chi connectivity index (χ0n) is 14.2. The average Bonchev–Trinajstić information content (AvgIpc) is 3.06. The van der Waals surface area contributed by atoms with Crippen LogP contribution < -0.4 is 5.32 Å². The van der Waals surface area contributed by atoms with Gasteiger partial charge in [-0.3, -0.25) is 9.48 Å². The van der Waals surface area contributed by atoms with Crippen molar-refractivity contribution in [2.45, 2.75) is 45.4 Å². The number of nitrogens with one attached hydrogen (secondary N) is 1. The van der Waals surface area contributed by atoms with Crippen molar-refractivity contribution in [3.63, 3.8) is 0 Å². The van der Waals surface area contributed by atoms with Crippen molar-refractivity contribution in [1.82, 2.24) is 20.0 Å². The van der Waals surface area contributed by atoms with Gasteiger partial charge in [-0.15, -0.1) is 0 Å². The molecule has 1 aromatic heterocycles. The number of halogens is 2. The van der Waals surface area contributed by atoms with Crippen molar-refractivity contribution in [3.05, 3.63) is 53.4 Å². The number of amides is 1. The van der Waals surface area contributed by atoms with Crippen molar-refractivity contribution < 1.29 is 13.6 Å². The van der Waals surface area contributed by atoms with Crippen LogP contribution in [0.1, 0.15) is 30.9 Å². The Labute approximate surface area is 145 Å². The topological polar surface area (TPSA) is 50.2 Å². The van der Waals surface area contributed by atoms with Crippen molar-refractivity contribution >= 4 is 5.91 Å². The fourth-order valence-electron chi connectivity index (χ4n) is 3.05. The molecule has 0 spiro atoms. The van der Waals surface area contributed by atoms with Gasteiger partial charge < -0.3 is 10.2 Å². The molecule has 3 rings (SSSR count). The highest BCUT2D eigenvalue weighted by Crippen LogP contribution is 2.18. The number of carbonyl (C=O) groups excluding carboxylic acids is 1. The van der Waals surface area contributed by atoms with Crippen LogP contribution in [0.4, 0.5) is 8.78 Å². The molecule has 0 bridgehead atoms. The number of piperidine rings is 1. The third-order valence-electron chi connectivity index (χ3n) is 4.47. The molecule has 1 aliphatic rings. The first-order chi connectivity index (χ1) is 12.1. The maximum absolute atomic E-state index is 13.8. The van der Waals surface area contributed by atoms with Crippen molar-refractivity contribution in [3.8, 4) is 0 Å². The Bertz CT molecular complexity index is 746. The SMILES string of the molecule is CCn1cc(CN[C@@H]2CCCN(Cc3ccc(F)cc3F)C2=O)cn1. The van der Waals surface area contributed by atoms with Crippen LogP contribution >= 0.6 is 0 Å². The van der Waals surface area contributed by atoms with E-state index in [1.165, 1.54) is 12.1 Å². The van der Waals surface area contributed by atoms with Gasteiger partial charge >= 0.3 is 0 Å². The Morgan fingerprint density at radius 3 is 2.92 bits per heavy atom. The molecular formula is C18H22F2N4O. The smallest absolute Gasteiger partial charge is 0.240 e. The van der Waals surface area contributed by atoms with E-state index >= 15 is 0 Å². The molecule has 134 valence electrons. The number of likely N-dealkylation sites (tertiary alicyclic amines) is 1. The predicted octanol–water partition coefficient (Wildman–Crippen LogP) is 2.46. The molecule has 0 radical (unpaired) electrons. The molecule has 1 atom stereocenters. The van der Waals surface area contributed by atoms with Gasteiger partial charge in [0, 0.05) is 49.6 Å². The molecule has 1 fully saturated rings. The minimum Gasteiger partial charge on any atom is -0.337 e. The fraction of sp³-hybridized carbons (Fsp3) is 0.444. The van der Waals surface area contributed by atoms with Crippen LogP contribution in [-0.4, -0.2) is 33.2 Å². The van der Waals surface area contributed by atoms with E-state index in [-0.39, 0.29) is 18.5 Å². The Morgan fingerprint density at radius 2 is 2.20 bits per heavy atom. The lowest BCUT2D eigenvalue weighted by Crippen LogP contribution is -2.50. The summed E-state index contributed by atoms with van der Waals surface area (Å²) in [4.78, 5) is 14.3. The Balaban J connectivity index is 1.60. The fourth-order valence-corrected chi connectivity index (χ4v) is 3.05. The maximum atomic E-state index is 13.8. The van der Waals surface area contributed by atoms with E-state index in [4.69, 9.17) is 0 Å². The zero-order chi connectivity index (χ0) is 17.8. The summed E-state index contributed by atoms with van der Waals surface area (Å²) >= 11 is 0. The Hall–Kier alpha value is -2.28. The summed E-state index contributed by atoms with van der Waals surface area (Å²) in [5, 5.41) is 7.48. The second kappa shape index (κ2) is 7.74. The van der Waals surface area contributed by atoms with E-state index in [0.29, 0.717) is 18.7 Å². The number of aryl methyl sites for hydroxylation is 1. The van der Waals surface area contributed by atoms with Gasteiger partial charge in [0.05, 0.1) is 12.2 Å². The molecule has 1 aromatic carbocycles. The lowest BCUT2D eigenvalue weighted by molar-refractivity contribution is -0.136. The molecule has 7 heteroatoms. The van der Waals surface area contributed by atoms with E-state index in [1.54, 1.807) is 11.1 Å². The van der Waals surface area contributed by atoms with Gasteiger partial charge in [0.1, 0.15) is 11.6 Å². The predicted molar refractivity (Wildman–Crippen MR) is 89.5 cm³/mol. The summed E-state index contributed by atoms with van der Waals surface area (Å²) in [5.41, 5.74) is 1.36. The standard InChI is InChI=1S/C18H22F2N4O/c1-2-24-11-13(10-22-24)9-21-17-4-3-7-23(18(17)25)12-14-5-6-15(19)8-16(14)20/h5-6,8,10-11,17,21H,2-4,7,9,12H2,1H3/t17-/m1/s1. The van der Waals surface area contributed by atoms with Gasteiger partial charge in [-0.2, -0.15) is 5.10 Å². The molecule has 1 amide bonds. The molecule has 25 heavy (non-hydrogen) atoms. The second-order valence-electron chi connectivity index (χ2n) is 6.28. The van der Waals surface area contributed by atoms with E-state index in [1.807, 2.05) is 17.8 Å². The number of aromatic nitrogens is 2. The largest absolute Gasteiger partial charge is 0.337 e. The third-order valence-corrected chi connectivity index (χ3v) is 4.47. The Kier molecular flexibility index (Phi) is 5.43. The summed E-state index contributed by atoms with van der Waals surface area (Å²) in [6.07, 6.45) is 5.34. The van der Waals surface area contributed by atoms with E-state index < -0.39 is 11.6 Å². The summed E-state index contributed by atoms with van der Waals surface area (Å²) < 4.78 is 28.7. The number of benzene rings is 1. The minimum absolute atomic E-state index is 0.0436. The van der Waals surface area contributed by atoms with Crippen LogP contribution in [0.3, 0.4) is 0 Å². The summed E-state index contributed by atoms with van der Waals surface area (Å²) in [7, 11) is 0. The highest BCUT2D eigenvalue weighted by molar-refractivity contribution is 5.82. The molecule has 5 nitrogen and oxygen atoms in total. The lowest BCUT2D eigenvalue weighted by atomic mass is 10.0. The molecule has 0 aliphatic carbocycles. The summed E-state index contributed by atoms with van der Waals surface area (Å²) in [6, 6.07) is 3.18. The molecular weight excluding hydrogens is 326 g/mol. The first kappa shape index (κ1) is 17.5. The zero-order valence-corrected chi connectivity index (χ0v) is 14.2. The highest BCUT2D eigenvalue weighted by Gasteiger charge is 2.28. The number of hydrogen-bond acceptors (Lipinski definition) is 3. The summed E-state index contributed by atoms with van der Waals surface area (Å²) in [6.45, 7) is 4.13. The van der Waals surface area contributed by atoms with Crippen LogP contribution in [0.25, 0.3) is 0 Å². The molecule has 1 N–H and O–H groups in total. The molecule has 0 unspecified atom stereocenters. The molecule has 2 aromatic rings. The van der Waals surface area contributed by atoms with Gasteiger partial charge in [-0.1, -0.05) is 6.07 Å². The number of carbonyl (C=O) groups is 1.